The number of ether oxygens (including phenoxy) is 2. The Morgan fingerprint density at radius 1 is 1.07 bits per heavy atom. The van der Waals surface area contributed by atoms with Gasteiger partial charge in [0.15, 0.2) is 5.78 Å². The van der Waals surface area contributed by atoms with Gasteiger partial charge in [0, 0.05) is 12.8 Å². The highest BCUT2D eigenvalue weighted by molar-refractivity contribution is 5.97. The Hall–Kier alpha value is -0.860. The number of aliphatic hydroxyl groups is 3. The molecular weight excluding hydrogens is 378 g/mol. The summed E-state index contributed by atoms with van der Waals surface area (Å²) in [6.07, 6.45) is 2.58. The van der Waals surface area contributed by atoms with Crippen molar-refractivity contribution in [3.05, 3.63) is 11.6 Å². The van der Waals surface area contributed by atoms with Gasteiger partial charge in [0.1, 0.15) is 12.3 Å². The molecule has 3 N–H and O–H groups in total. The van der Waals surface area contributed by atoms with Crippen LogP contribution in [0.1, 0.15) is 65.2 Å². The largest absolute Gasteiger partial charge is 0.393 e. The van der Waals surface area contributed by atoms with Crippen molar-refractivity contribution in [2.75, 3.05) is 26.4 Å². The molecule has 1 rings (SSSR count). The van der Waals surface area contributed by atoms with E-state index >= 15 is 0 Å². The van der Waals surface area contributed by atoms with Crippen LogP contribution in [0.3, 0.4) is 0 Å². The van der Waals surface area contributed by atoms with E-state index in [9.17, 15) is 24.5 Å². The summed E-state index contributed by atoms with van der Waals surface area (Å²) in [6.45, 7) is 4.67. The van der Waals surface area contributed by atoms with Crippen LogP contribution >= 0.6 is 0 Å². The van der Waals surface area contributed by atoms with Crippen LogP contribution in [0.4, 0.5) is 4.39 Å². The fourth-order valence-corrected chi connectivity index (χ4v) is 3.37. The van der Waals surface area contributed by atoms with Crippen molar-refractivity contribution in [1.82, 2.24) is 0 Å². The van der Waals surface area contributed by atoms with Crippen LogP contribution < -0.4 is 0 Å². The molecule has 0 aromatic rings. The summed E-state index contributed by atoms with van der Waals surface area (Å²) >= 11 is 0. The van der Waals surface area contributed by atoms with Gasteiger partial charge in [0.05, 0.1) is 38.6 Å². The van der Waals surface area contributed by atoms with Crippen molar-refractivity contribution in [3.63, 3.8) is 0 Å². The fraction of sp³-hybridized carbons (Fsp3) is 0.864. The van der Waals surface area contributed by atoms with Gasteiger partial charge < -0.3 is 24.8 Å². The second kappa shape index (κ2) is 15.0. The summed E-state index contributed by atoms with van der Waals surface area (Å²) in [4.78, 5) is 11.7. The molecular formula is C22H39FO6. The number of alkyl halides is 1. The molecule has 6 nitrogen and oxygen atoms in total. The van der Waals surface area contributed by atoms with Gasteiger partial charge in [0.25, 0.3) is 0 Å². The Bertz CT molecular complexity index is 484. The number of ketones is 1. The van der Waals surface area contributed by atoms with Gasteiger partial charge >= 0.3 is 0 Å². The lowest BCUT2D eigenvalue weighted by Crippen LogP contribution is -2.28. The molecule has 0 saturated carbocycles. The lowest BCUT2D eigenvalue weighted by molar-refractivity contribution is -0.115. The summed E-state index contributed by atoms with van der Waals surface area (Å²) in [5.74, 6) is 0.318. The van der Waals surface area contributed by atoms with Crippen molar-refractivity contribution in [2.45, 2.75) is 89.7 Å². The van der Waals surface area contributed by atoms with E-state index in [1.54, 1.807) is 0 Å². The molecule has 0 bridgehead atoms. The number of halogens is 1. The molecule has 29 heavy (non-hydrogen) atoms. The second-order valence-electron chi connectivity index (χ2n) is 8.11. The van der Waals surface area contributed by atoms with E-state index in [1.165, 1.54) is 0 Å². The third-order valence-corrected chi connectivity index (χ3v) is 5.10. The second-order valence-corrected chi connectivity index (χ2v) is 8.11. The SMILES string of the molecule is CCCCC(O)COCCOCC(O)C([18F])CCCC(O)CC1=C[C@H](C)CC1=O. The number of rotatable bonds is 17. The molecule has 4 unspecified atom stereocenters. The van der Waals surface area contributed by atoms with E-state index in [2.05, 4.69) is 6.92 Å². The predicted octanol–water partition coefficient (Wildman–Crippen LogP) is 2.73. The van der Waals surface area contributed by atoms with Gasteiger partial charge in [-0.05, 0) is 37.2 Å². The average molecular weight is 418 g/mol. The van der Waals surface area contributed by atoms with Crippen molar-refractivity contribution < 1.29 is 34.0 Å². The molecule has 7 heteroatoms. The Kier molecular flexibility index (Phi) is 13.6. The third-order valence-electron chi connectivity index (χ3n) is 5.10. The number of hydrogen-bond acceptors (Lipinski definition) is 6. The Labute approximate surface area is 174 Å². The maximum Gasteiger partial charge on any atom is 0.159 e. The molecule has 1 aliphatic rings. The lowest BCUT2D eigenvalue weighted by Gasteiger charge is -2.17. The number of hydrogen-bond donors (Lipinski definition) is 3. The minimum Gasteiger partial charge on any atom is -0.393 e. The van der Waals surface area contributed by atoms with E-state index in [0.29, 0.717) is 37.7 Å². The first-order valence-corrected chi connectivity index (χ1v) is 10.9. The van der Waals surface area contributed by atoms with Gasteiger partial charge in [-0.15, -0.1) is 0 Å². The minimum absolute atomic E-state index is 0.0898. The molecule has 0 aliphatic heterocycles. The Morgan fingerprint density at radius 3 is 2.34 bits per heavy atom. The van der Waals surface area contributed by atoms with Gasteiger partial charge in [-0.2, -0.15) is 0 Å². The highest BCUT2D eigenvalue weighted by Crippen LogP contribution is 2.25. The number of carbonyl (C=O) groups is 1. The van der Waals surface area contributed by atoms with Crippen molar-refractivity contribution in [3.8, 4) is 0 Å². The van der Waals surface area contributed by atoms with Gasteiger partial charge in [-0.25, -0.2) is 4.39 Å². The molecule has 0 heterocycles. The number of aliphatic hydroxyl groups excluding tert-OH is 3. The van der Waals surface area contributed by atoms with Crippen LogP contribution in [0, 0.1) is 5.92 Å². The van der Waals surface area contributed by atoms with Gasteiger partial charge in [0.2, 0.25) is 0 Å². The first kappa shape index (κ1) is 26.2. The summed E-state index contributed by atoms with van der Waals surface area (Å²) in [7, 11) is 0. The molecule has 0 radical (unpaired) electrons. The number of Topliss-reactive ketones (excluding diaryl/α,β-unsaturated/α-hetero) is 1. The highest BCUT2D eigenvalue weighted by atomic mass is 18.2. The molecule has 0 aromatic carbocycles. The average Bonchev–Trinajstić information content (AvgIpc) is 2.99. The summed E-state index contributed by atoms with van der Waals surface area (Å²) < 4.78 is 24.5. The summed E-state index contributed by atoms with van der Waals surface area (Å²) in [5, 5.41) is 29.5. The maximum atomic E-state index is 14.0. The molecule has 0 fully saturated rings. The van der Waals surface area contributed by atoms with Gasteiger partial charge in [-0.1, -0.05) is 32.8 Å². The number of allylic oxidation sites excluding steroid dienone is 1. The zero-order valence-electron chi connectivity index (χ0n) is 17.9. The smallest absolute Gasteiger partial charge is 0.159 e. The topological polar surface area (TPSA) is 96.2 Å². The van der Waals surface area contributed by atoms with Crippen LogP contribution in [0.15, 0.2) is 11.6 Å². The standard InChI is InChI=1S/C22H39FO6/c1-3-4-6-19(25)14-28-9-10-29-15-22(27)20(23)8-5-7-18(24)13-17-11-16(2)12-21(17)26/h11,16,18-20,22,24-25,27H,3-10,12-15H2,1-2H3/t16-,18?,19?,20?,22?/m0/s1/i23-1. The third kappa shape index (κ3) is 11.8. The lowest BCUT2D eigenvalue weighted by atomic mass is 10.0. The molecule has 0 saturated heterocycles. The fourth-order valence-electron chi connectivity index (χ4n) is 3.37. The van der Waals surface area contributed by atoms with Crippen molar-refractivity contribution in [1.29, 1.82) is 0 Å². The molecule has 1 aliphatic carbocycles. The molecule has 0 amide bonds. The van der Waals surface area contributed by atoms with Crippen LogP contribution in [-0.2, 0) is 14.3 Å². The van der Waals surface area contributed by atoms with Crippen molar-refractivity contribution >= 4 is 5.78 Å². The van der Waals surface area contributed by atoms with E-state index in [0.717, 1.165) is 12.8 Å². The number of unbranched alkanes of at least 4 members (excludes halogenated alkanes) is 1. The normalized spacial score (nSPS) is 21.1. The zero-order valence-corrected chi connectivity index (χ0v) is 17.9. The van der Waals surface area contributed by atoms with E-state index in [4.69, 9.17) is 9.47 Å². The number of carbonyl (C=O) groups excluding carboxylic acids is 1. The molecule has 0 aromatic heterocycles. The minimum atomic E-state index is -1.42. The quantitative estimate of drug-likeness (QED) is 0.315. The summed E-state index contributed by atoms with van der Waals surface area (Å²) in [5.41, 5.74) is 0.676. The first-order valence-electron chi connectivity index (χ1n) is 10.9. The Morgan fingerprint density at radius 2 is 1.72 bits per heavy atom. The van der Waals surface area contributed by atoms with Crippen LogP contribution in [0.2, 0.25) is 0 Å². The van der Waals surface area contributed by atoms with Crippen LogP contribution in [0.25, 0.3) is 0 Å². The van der Waals surface area contributed by atoms with Crippen LogP contribution in [-0.4, -0.2) is 72.0 Å². The molecule has 170 valence electrons. The van der Waals surface area contributed by atoms with E-state index in [-0.39, 0.29) is 44.5 Å². The van der Waals surface area contributed by atoms with E-state index < -0.39 is 24.5 Å². The van der Waals surface area contributed by atoms with E-state index in [1.807, 2.05) is 13.0 Å². The monoisotopic (exact) mass is 417 g/mol. The Balaban J connectivity index is 2.04. The maximum absolute atomic E-state index is 14.0. The predicted molar refractivity (Wildman–Crippen MR) is 109 cm³/mol. The molecule has 0 spiro atoms. The summed E-state index contributed by atoms with van der Waals surface area (Å²) in [6, 6.07) is 0. The van der Waals surface area contributed by atoms with Crippen molar-refractivity contribution in [2.24, 2.45) is 5.92 Å². The van der Waals surface area contributed by atoms with Crippen LogP contribution in [0.5, 0.6) is 0 Å². The molecule has 5 atom stereocenters. The van der Waals surface area contributed by atoms with Gasteiger partial charge in [-0.3, -0.25) is 4.79 Å². The zero-order chi connectivity index (χ0) is 21.6. The first-order chi connectivity index (χ1) is 13.8. The highest BCUT2D eigenvalue weighted by Gasteiger charge is 2.23.